The van der Waals surface area contributed by atoms with E-state index >= 15 is 0 Å². The van der Waals surface area contributed by atoms with Crippen molar-refractivity contribution in [2.45, 2.75) is 83.0 Å². The van der Waals surface area contributed by atoms with Crippen molar-refractivity contribution < 1.29 is 20.1 Å². The van der Waals surface area contributed by atoms with Gasteiger partial charge in [0.15, 0.2) is 0 Å². The number of carbonyl (C=O) groups excluding carboxylic acids is 1. The number of ketones is 1. The van der Waals surface area contributed by atoms with Crippen LogP contribution in [-0.4, -0.2) is 38.9 Å². The molecule has 4 aliphatic rings. The average molecular weight is 322 g/mol. The zero-order valence-corrected chi connectivity index (χ0v) is 14.3. The standard InChI is InChI=1S/C19H30O4/c1-17-7-8-19(23)13(12(17)3-4-16(17)22)10-15(21)14-9-11(20)5-6-18(14,19)2/h11-15,20-21,23H,3-10H2,1-2H3/t11-,12-,13-,14?,15-,17-,18-,19+/m0/s1. The van der Waals surface area contributed by atoms with Gasteiger partial charge in [-0.05, 0) is 62.7 Å². The lowest BCUT2D eigenvalue weighted by Gasteiger charge is -2.65. The fourth-order valence-corrected chi connectivity index (χ4v) is 6.97. The maximum atomic E-state index is 12.4. The molecule has 0 aromatic heterocycles. The van der Waals surface area contributed by atoms with E-state index in [2.05, 4.69) is 13.8 Å². The van der Waals surface area contributed by atoms with E-state index in [1.54, 1.807) is 0 Å². The van der Waals surface area contributed by atoms with Crippen LogP contribution < -0.4 is 0 Å². The minimum absolute atomic E-state index is 0.0131. The highest BCUT2D eigenvalue weighted by Crippen LogP contribution is 2.67. The maximum absolute atomic E-state index is 12.4. The molecule has 130 valence electrons. The second kappa shape index (κ2) is 4.80. The Labute approximate surface area is 138 Å². The van der Waals surface area contributed by atoms with E-state index in [4.69, 9.17) is 0 Å². The van der Waals surface area contributed by atoms with E-state index in [0.29, 0.717) is 37.9 Å². The van der Waals surface area contributed by atoms with Gasteiger partial charge in [-0.3, -0.25) is 4.79 Å². The van der Waals surface area contributed by atoms with Crippen LogP contribution in [0.2, 0.25) is 0 Å². The Kier molecular flexibility index (Phi) is 3.35. The van der Waals surface area contributed by atoms with Gasteiger partial charge in [-0.1, -0.05) is 13.8 Å². The van der Waals surface area contributed by atoms with Crippen LogP contribution in [0.1, 0.15) is 65.2 Å². The summed E-state index contributed by atoms with van der Waals surface area (Å²) >= 11 is 0. The van der Waals surface area contributed by atoms with Crippen molar-refractivity contribution in [1.29, 1.82) is 0 Å². The van der Waals surface area contributed by atoms with Gasteiger partial charge in [0, 0.05) is 17.3 Å². The summed E-state index contributed by atoms with van der Waals surface area (Å²) in [5.41, 5.74) is -1.44. The van der Waals surface area contributed by atoms with Gasteiger partial charge in [0.05, 0.1) is 17.8 Å². The maximum Gasteiger partial charge on any atom is 0.139 e. The number of carbonyl (C=O) groups is 1. The summed E-state index contributed by atoms with van der Waals surface area (Å²) in [4.78, 5) is 12.4. The molecular weight excluding hydrogens is 292 g/mol. The first kappa shape index (κ1) is 16.0. The number of aliphatic hydroxyl groups excluding tert-OH is 2. The molecule has 4 saturated carbocycles. The van der Waals surface area contributed by atoms with Crippen molar-refractivity contribution in [3.63, 3.8) is 0 Å². The third-order valence-electron chi connectivity index (χ3n) is 8.55. The SMILES string of the molecule is C[C@]12CC[C@H](O)CC1[C@@H](O)C[C@H]1[C@@H]3CCC(=O)[C@@]3(C)CC[C@@]12O. The summed E-state index contributed by atoms with van der Waals surface area (Å²) in [7, 11) is 0. The Morgan fingerprint density at radius 1 is 0.957 bits per heavy atom. The first-order valence-electron chi connectivity index (χ1n) is 9.34. The van der Waals surface area contributed by atoms with E-state index in [9.17, 15) is 20.1 Å². The molecule has 0 spiro atoms. The van der Waals surface area contributed by atoms with Gasteiger partial charge in [0.1, 0.15) is 5.78 Å². The van der Waals surface area contributed by atoms with Crippen molar-refractivity contribution in [2.24, 2.45) is 28.6 Å². The molecule has 4 fully saturated rings. The van der Waals surface area contributed by atoms with Crippen LogP contribution >= 0.6 is 0 Å². The van der Waals surface area contributed by atoms with Crippen LogP contribution in [-0.2, 0) is 4.79 Å². The number of rotatable bonds is 0. The van der Waals surface area contributed by atoms with Gasteiger partial charge in [0.2, 0.25) is 0 Å². The van der Waals surface area contributed by atoms with Crippen LogP contribution in [0, 0.1) is 28.6 Å². The Hall–Kier alpha value is -0.450. The molecule has 4 aliphatic carbocycles. The smallest absolute Gasteiger partial charge is 0.139 e. The highest BCUT2D eigenvalue weighted by molar-refractivity contribution is 5.87. The number of hydrogen-bond donors (Lipinski definition) is 3. The van der Waals surface area contributed by atoms with Gasteiger partial charge in [0.25, 0.3) is 0 Å². The monoisotopic (exact) mass is 322 g/mol. The van der Waals surface area contributed by atoms with E-state index in [0.717, 1.165) is 19.3 Å². The first-order valence-corrected chi connectivity index (χ1v) is 9.34. The normalized spacial score (nSPS) is 59.2. The lowest BCUT2D eigenvalue weighted by molar-refractivity contribution is -0.260. The van der Waals surface area contributed by atoms with Crippen LogP contribution in [0.3, 0.4) is 0 Å². The molecule has 4 nitrogen and oxygen atoms in total. The van der Waals surface area contributed by atoms with Gasteiger partial charge in [-0.25, -0.2) is 0 Å². The van der Waals surface area contributed by atoms with E-state index < -0.39 is 11.7 Å². The molecule has 0 aromatic carbocycles. The molecule has 3 N–H and O–H groups in total. The Morgan fingerprint density at radius 3 is 2.43 bits per heavy atom. The average Bonchev–Trinajstić information content (AvgIpc) is 2.80. The number of fused-ring (bicyclic) bond motifs is 5. The summed E-state index contributed by atoms with van der Waals surface area (Å²) in [5.74, 6) is 0.534. The minimum atomic E-state index is -0.800. The second-order valence-electron chi connectivity index (χ2n) is 9.27. The van der Waals surface area contributed by atoms with E-state index in [1.807, 2.05) is 0 Å². The van der Waals surface area contributed by atoms with Crippen molar-refractivity contribution >= 4 is 5.78 Å². The zero-order valence-electron chi connectivity index (χ0n) is 14.3. The van der Waals surface area contributed by atoms with Crippen molar-refractivity contribution in [3.8, 4) is 0 Å². The summed E-state index contributed by atoms with van der Waals surface area (Å²) in [6, 6.07) is 0. The number of hydrogen-bond acceptors (Lipinski definition) is 4. The van der Waals surface area contributed by atoms with E-state index in [-0.39, 0.29) is 34.7 Å². The predicted molar refractivity (Wildman–Crippen MR) is 85.6 cm³/mol. The lowest BCUT2D eigenvalue weighted by Crippen LogP contribution is -2.68. The molecule has 1 unspecified atom stereocenters. The summed E-state index contributed by atoms with van der Waals surface area (Å²) in [5, 5.41) is 32.6. The molecule has 23 heavy (non-hydrogen) atoms. The molecule has 0 amide bonds. The molecule has 0 saturated heterocycles. The molecule has 0 heterocycles. The highest BCUT2D eigenvalue weighted by atomic mass is 16.3. The van der Waals surface area contributed by atoms with Crippen molar-refractivity contribution in [1.82, 2.24) is 0 Å². The second-order valence-corrected chi connectivity index (χ2v) is 9.27. The molecule has 8 atom stereocenters. The van der Waals surface area contributed by atoms with Gasteiger partial charge in [-0.15, -0.1) is 0 Å². The van der Waals surface area contributed by atoms with Crippen LogP contribution in [0.25, 0.3) is 0 Å². The van der Waals surface area contributed by atoms with Crippen molar-refractivity contribution in [2.75, 3.05) is 0 Å². The Bertz CT molecular complexity index is 533. The van der Waals surface area contributed by atoms with Crippen LogP contribution in [0.4, 0.5) is 0 Å². The number of Topliss-reactive ketones (excluding diaryl/α,β-unsaturated/α-hetero) is 1. The van der Waals surface area contributed by atoms with Gasteiger partial charge < -0.3 is 15.3 Å². The number of aliphatic hydroxyl groups is 3. The molecule has 4 heteroatoms. The van der Waals surface area contributed by atoms with E-state index in [1.165, 1.54) is 0 Å². The predicted octanol–water partition coefficient (Wildman–Crippen LogP) is 2.04. The fraction of sp³-hybridized carbons (Fsp3) is 0.947. The van der Waals surface area contributed by atoms with Crippen LogP contribution in [0.5, 0.6) is 0 Å². The Balaban J connectivity index is 1.75. The summed E-state index contributed by atoms with van der Waals surface area (Å²) < 4.78 is 0. The zero-order chi connectivity index (χ0) is 16.6. The molecule has 4 rings (SSSR count). The van der Waals surface area contributed by atoms with Gasteiger partial charge >= 0.3 is 0 Å². The minimum Gasteiger partial charge on any atom is -0.393 e. The van der Waals surface area contributed by atoms with Gasteiger partial charge in [-0.2, -0.15) is 0 Å². The molecule has 0 radical (unpaired) electrons. The van der Waals surface area contributed by atoms with Crippen molar-refractivity contribution in [3.05, 3.63) is 0 Å². The first-order chi connectivity index (χ1) is 10.7. The molecular formula is C19H30O4. The summed E-state index contributed by atoms with van der Waals surface area (Å²) in [6.45, 7) is 4.20. The highest BCUT2D eigenvalue weighted by Gasteiger charge is 2.68. The largest absolute Gasteiger partial charge is 0.393 e. The van der Waals surface area contributed by atoms with Crippen LogP contribution in [0.15, 0.2) is 0 Å². The Morgan fingerprint density at radius 2 is 1.70 bits per heavy atom. The third-order valence-corrected chi connectivity index (χ3v) is 8.55. The molecule has 0 aliphatic heterocycles. The quantitative estimate of drug-likeness (QED) is 0.638. The molecule has 0 aromatic rings. The lowest BCUT2D eigenvalue weighted by atomic mass is 9.42. The fourth-order valence-electron chi connectivity index (χ4n) is 6.97. The summed E-state index contributed by atoms with van der Waals surface area (Å²) in [6.07, 6.45) is 4.72. The third kappa shape index (κ3) is 1.86. The topological polar surface area (TPSA) is 77.8 Å². The molecule has 0 bridgehead atoms.